The number of hydrogen-bond donors (Lipinski definition) is 0. The zero-order valence-corrected chi connectivity index (χ0v) is 14.2. The first kappa shape index (κ1) is 16.9. The third-order valence-electron chi connectivity index (χ3n) is 3.60. The van der Waals surface area contributed by atoms with E-state index in [1.54, 1.807) is 6.92 Å². The lowest BCUT2D eigenvalue weighted by Gasteiger charge is -2.09. The molecule has 0 atom stereocenters. The Hall–Kier alpha value is -2.92. The predicted molar refractivity (Wildman–Crippen MR) is 95.1 cm³/mol. The highest BCUT2D eigenvalue weighted by Gasteiger charge is 2.29. The largest absolute Gasteiger partial charge is 0.462 e. The molecule has 0 aliphatic heterocycles. The molecule has 0 bridgehead atoms. The Kier molecular flexibility index (Phi) is 4.95. The van der Waals surface area contributed by atoms with Crippen molar-refractivity contribution >= 4 is 22.8 Å². The topological polar surface area (TPSA) is 61.2 Å². The minimum atomic E-state index is -0.810. The average Bonchev–Trinajstić information content (AvgIpc) is 3.04. The van der Waals surface area contributed by atoms with Crippen LogP contribution in [0.3, 0.4) is 0 Å². The molecule has 0 amide bonds. The molecular formula is C19H15ClN2O3. The molecule has 0 saturated heterocycles. The third kappa shape index (κ3) is 3.32. The van der Waals surface area contributed by atoms with Crippen LogP contribution in [0.1, 0.15) is 27.8 Å². The van der Waals surface area contributed by atoms with E-state index in [2.05, 4.69) is 5.10 Å². The van der Waals surface area contributed by atoms with Crippen molar-refractivity contribution in [1.82, 2.24) is 9.78 Å². The monoisotopic (exact) mass is 354 g/mol. The number of hydrogen-bond acceptors (Lipinski definition) is 4. The predicted octanol–water partition coefficient (Wildman–Crippen LogP) is 4.10. The smallest absolute Gasteiger partial charge is 0.342 e. The molecule has 0 aliphatic rings. The van der Waals surface area contributed by atoms with Crippen LogP contribution in [-0.4, -0.2) is 27.6 Å². The van der Waals surface area contributed by atoms with E-state index in [1.807, 2.05) is 60.7 Å². The quantitative estimate of drug-likeness (QED) is 0.511. The van der Waals surface area contributed by atoms with Crippen molar-refractivity contribution in [2.45, 2.75) is 6.92 Å². The summed E-state index contributed by atoms with van der Waals surface area (Å²) in [4.78, 5) is 24.4. The van der Waals surface area contributed by atoms with E-state index in [9.17, 15) is 9.59 Å². The lowest BCUT2D eigenvalue weighted by molar-refractivity contribution is 0.0525. The van der Waals surface area contributed by atoms with Crippen LogP contribution >= 0.6 is 11.6 Å². The van der Waals surface area contributed by atoms with Crippen LogP contribution in [-0.2, 0) is 4.74 Å². The van der Waals surface area contributed by atoms with E-state index >= 15 is 0 Å². The highest BCUT2D eigenvalue weighted by atomic mass is 35.5. The van der Waals surface area contributed by atoms with Crippen LogP contribution in [0.25, 0.3) is 16.9 Å². The van der Waals surface area contributed by atoms with Crippen molar-refractivity contribution in [2.24, 2.45) is 0 Å². The van der Waals surface area contributed by atoms with Crippen molar-refractivity contribution in [2.75, 3.05) is 6.61 Å². The molecule has 5 nitrogen and oxygen atoms in total. The van der Waals surface area contributed by atoms with Gasteiger partial charge < -0.3 is 4.74 Å². The summed E-state index contributed by atoms with van der Waals surface area (Å²) >= 11 is 5.69. The Morgan fingerprint density at radius 2 is 1.64 bits per heavy atom. The molecule has 3 rings (SSSR count). The number of rotatable bonds is 5. The fourth-order valence-corrected chi connectivity index (χ4v) is 2.70. The van der Waals surface area contributed by atoms with E-state index in [-0.39, 0.29) is 17.9 Å². The van der Waals surface area contributed by atoms with E-state index in [0.717, 1.165) is 5.56 Å². The third-order valence-corrected chi connectivity index (χ3v) is 3.78. The first-order valence-electron chi connectivity index (χ1n) is 7.74. The molecule has 0 radical (unpaired) electrons. The molecule has 2 aromatic carbocycles. The molecule has 0 saturated carbocycles. The minimum absolute atomic E-state index is 0.0666. The Morgan fingerprint density at radius 1 is 1.04 bits per heavy atom. The lowest BCUT2D eigenvalue weighted by Crippen LogP contribution is -2.09. The van der Waals surface area contributed by atoms with Crippen LogP contribution in [0, 0.1) is 0 Å². The SMILES string of the molecule is CCOC(=O)c1c(C(=O)Cl)nn(-c2ccccc2)c1-c1ccccc1. The van der Waals surface area contributed by atoms with Crippen molar-refractivity contribution < 1.29 is 14.3 Å². The Balaban J connectivity index is 2.34. The molecule has 0 N–H and O–H groups in total. The zero-order valence-electron chi connectivity index (χ0n) is 13.5. The second-order valence-electron chi connectivity index (χ2n) is 5.18. The molecule has 1 heterocycles. The maximum absolute atomic E-state index is 12.5. The zero-order chi connectivity index (χ0) is 17.8. The fourth-order valence-electron chi connectivity index (χ4n) is 2.57. The summed E-state index contributed by atoms with van der Waals surface area (Å²) < 4.78 is 6.67. The van der Waals surface area contributed by atoms with Gasteiger partial charge >= 0.3 is 5.97 Å². The highest BCUT2D eigenvalue weighted by molar-refractivity contribution is 6.68. The van der Waals surface area contributed by atoms with Crippen LogP contribution in [0.15, 0.2) is 60.7 Å². The second-order valence-corrected chi connectivity index (χ2v) is 5.52. The molecule has 1 aromatic heterocycles. The average molecular weight is 355 g/mol. The Labute approximate surface area is 149 Å². The maximum Gasteiger partial charge on any atom is 0.342 e. The van der Waals surface area contributed by atoms with Gasteiger partial charge in [0.25, 0.3) is 5.24 Å². The number of para-hydroxylation sites is 1. The van der Waals surface area contributed by atoms with Crippen LogP contribution < -0.4 is 0 Å². The number of esters is 1. The van der Waals surface area contributed by atoms with Crippen molar-refractivity contribution in [3.8, 4) is 16.9 Å². The lowest BCUT2D eigenvalue weighted by atomic mass is 10.1. The molecular weight excluding hydrogens is 340 g/mol. The van der Waals surface area contributed by atoms with Gasteiger partial charge in [0.2, 0.25) is 0 Å². The molecule has 25 heavy (non-hydrogen) atoms. The van der Waals surface area contributed by atoms with Gasteiger partial charge in [0.05, 0.1) is 18.0 Å². The molecule has 0 aliphatic carbocycles. The first-order chi connectivity index (χ1) is 12.1. The van der Waals surface area contributed by atoms with Gasteiger partial charge in [-0.1, -0.05) is 48.5 Å². The maximum atomic E-state index is 12.5. The number of ether oxygens (including phenoxy) is 1. The Bertz CT molecular complexity index is 905. The van der Waals surface area contributed by atoms with Gasteiger partial charge in [-0.2, -0.15) is 5.10 Å². The summed E-state index contributed by atoms with van der Waals surface area (Å²) in [5.41, 5.74) is 1.84. The summed E-state index contributed by atoms with van der Waals surface area (Å²) in [6, 6.07) is 18.4. The standard InChI is InChI=1S/C19H15ClN2O3/c1-2-25-19(24)15-16(18(20)23)21-22(14-11-7-4-8-12-14)17(15)13-9-5-3-6-10-13/h3-12H,2H2,1H3. The summed E-state index contributed by atoms with van der Waals surface area (Å²) in [7, 11) is 0. The van der Waals surface area contributed by atoms with Gasteiger partial charge in [-0.05, 0) is 30.7 Å². The molecule has 0 fully saturated rings. The minimum Gasteiger partial charge on any atom is -0.462 e. The molecule has 0 unspecified atom stereocenters. The van der Waals surface area contributed by atoms with Crippen molar-refractivity contribution in [3.05, 3.63) is 71.9 Å². The normalized spacial score (nSPS) is 10.5. The summed E-state index contributed by atoms with van der Waals surface area (Å²) in [6.07, 6.45) is 0. The first-order valence-corrected chi connectivity index (χ1v) is 8.12. The molecule has 0 spiro atoms. The second kappa shape index (κ2) is 7.32. The van der Waals surface area contributed by atoms with E-state index in [0.29, 0.717) is 11.4 Å². The van der Waals surface area contributed by atoms with Gasteiger partial charge in [0, 0.05) is 5.56 Å². The highest BCUT2D eigenvalue weighted by Crippen LogP contribution is 2.30. The molecule has 3 aromatic rings. The number of carbonyl (C=O) groups is 2. The van der Waals surface area contributed by atoms with Gasteiger partial charge in [-0.25, -0.2) is 9.48 Å². The van der Waals surface area contributed by atoms with Gasteiger partial charge in [-0.15, -0.1) is 0 Å². The van der Waals surface area contributed by atoms with Gasteiger partial charge in [-0.3, -0.25) is 4.79 Å². The molecule has 126 valence electrons. The van der Waals surface area contributed by atoms with E-state index in [4.69, 9.17) is 16.3 Å². The number of carbonyl (C=O) groups excluding carboxylic acids is 2. The van der Waals surface area contributed by atoms with E-state index < -0.39 is 11.2 Å². The summed E-state index contributed by atoms with van der Waals surface area (Å²) in [5.74, 6) is -0.632. The summed E-state index contributed by atoms with van der Waals surface area (Å²) in [6.45, 7) is 1.88. The molecule has 6 heteroatoms. The Morgan fingerprint density at radius 3 is 2.20 bits per heavy atom. The number of aromatic nitrogens is 2. The van der Waals surface area contributed by atoms with Crippen LogP contribution in [0.4, 0.5) is 0 Å². The van der Waals surface area contributed by atoms with Crippen molar-refractivity contribution in [1.29, 1.82) is 0 Å². The number of nitrogens with zero attached hydrogens (tertiary/aromatic N) is 2. The summed E-state index contributed by atoms with van der Waals surface area (Å²) in [5, 5.41) is 3.48. The number of halogens is 1. The van der Waals surface area contributed by atoms with Gasteiger partial charge in [0.1, 0.15) is 5.56 Å². The van der Waals surface area contributed by atoms with Crippen LogP contribution in [0.5, 0.6) is 0 Å². The van der Waals surface area contributed by atoms with Crippen LogP contribution in [0.2, 0.25) is 0 Å². The van der Waals surface area contributed by atoms with Gasteiger partial charge in [0.15, 0.2) is 5.69 Å². The number of benzene rings is 2. The fraction of sp³-hybridized carbons (Fsp3) is 0.105. The van der Waals surface area contributed by atoms with Crippen molar-refractivity contribution in [3.63, 3.8) is 0 Å². The van der Waals surface area contributed by atoms with E-state index in [1.165, 1.54) is 4.68 Å².